The van der Waals surface area contributed by atoms with Crippen LogP contribution in [0.1, 0.15) is 45.7 Å². The largest absolute Gasteiger partial charge is 0.516 e. The SMILES string of the molecule is CCOC(=O)C(C(=O)OCC)(C(=O)OCOC(=O)Oc1ccc(NC(=O)c2ccccc2-c2ccc(C(F)(F)F)cc2)c(C(=O)N(C)C)c1)c1ccccc1. The Labute approximate surface area is 312 Å². The highest BCUT2D eigenvalue weighted by atomic mass is 19.4. The minimum absolute atomic E-state index is 0.00393. The van der Waals surface area contributed by atoms with Gasteiger partial charge in [0, 0.05) is 19.7 Å². The van der Waals surface area contributed by atoms with Crippen LogP contribution < -0.4 is 10.1 Å². The quantitative estimate of drug-likeness (QED) is 0.0526. The summed E-state index contributed by atoms with van der Waals surface area (Å²) in [6.07, 6.45) is -5.97. The Morgan fingerprint density at radius 1 is 0.655 bits per heavy atom. The van der Waals surface area contributed by atoms with Crippen LogP contribution in [-0.4, -0.2) is 74.9 Å². The fraction of sp³-hybridized carbons (Fsp3) is 0.231. The van der Waals surface area contributed by atoms with Gasteiger partial charge in [0.15, 0.2) is 0 Å². The summed E-state index contributed by atoms with van der Waals surface area (Å²) in [6.45, 7) is 1.42. The van der Waals surface area contributed by atoms with Crippen molar-refractivity contribution >= 4 is 41.6 Å². The molecule has 0 aliphatic carbocycles. The lowest BCUT2D eigenvalue weighted by molar-refractivity contribution is -0.179. The molecule has 0 radical (unpaired) electrons. The number of esters is 3. The van der Waals surface area contributed by atoms with Gasteiger partial charge in [-0.1, -0.05) is 60.7 Å². The highest BCUT2D eigenvalue weighted by Gasteiger charge is 2.59. The number of halogens is 3. The molecule has 13 nitrogen and oxygen atoms in total. The lowest BCUT2D eigenvalue weighted by Gasteiger charge is -2.27. The van der Waals surface area contributed by atoms with Crippen molar-refractivity contribution < 1.29 is 65.6 Å². The third-order valence-electron chi connectivity index (χ3n) is 7.81. The Morgan fingerprint density at radius 2 is 1.24 bits per heavy atom. The number of nitrogens with one attached hydrogen (secondary N) is 1. The van der Waals surface area contributed by atoms with Crippen LogP contribution in [0.3, 0.4) is 0 Å². The fourth-order valence-corrected chi connectivity index (χ4v) is 5.21. The predicted octanol–water partition coefficient (Wildman–Crippen LogP) is 6.41. The molecule has 0 unspecified atom stereocenters. The van der Waals surface area contributed by atoms with Crippen LogP contribution in [0.15, 0.2) is 97.1 Å². The van der Waals surface area contributed by atoms with Gasteiger partial charge in [-0.05, 0) is 66.9 Å². The molecule has 0 spiro atoms. The first-order valence-electron chi connectivity index (χ1n) is 16.5. The molecule has 0 aromatic heterocycles. The number of amides is 2. The molecule has 0 heterocycles. The minimum atomic E-state index is -4.55. The van der Waals surface area contributed by atoms with Crippen molar-refractivity contribution in [3.8, 4) is 16.9 Å². The number of nitrogens with zero attached hydrogens (tertiary/aromatic N) is 1. The maximum absolute atomic E-state index is 13.5. The van der Waals surface area contributed by atoms with Crippen molar-refractivity contribution in [1.82, 2.24) is 4.90 Å². The summed E-state index contributed by atoms with van der Waals surface area (Å²) < 4.78 is 64.5. The van der Waals surface area contributed by atoms with Gasteiger partial charge in [0.2, 0.25) is 6.79 Å². The second kappa shape index (κ2) is 17.9. The number of benzene rings is 4. The second-order valence-electron chi connectivity index (χ2n) is 11.6. The number of anilines is 1. The summed E-state index contributed by atoms with van der Waals surface area (Å²) in [5.41, 5.74) is -3.06. The van der Waals surface area contributed by atoms with E-state index >= 15 is 0 Å². The van der Waals surface area contributed by atoms with Gasteiger partial charge in [0.25, 0.3) is 17.2 Å². The first kappa shape index (κ1) is 41.1. The van der Waals surface area contributed by atoms with Crippen LogP contribution in [0, 0.1) is 0 Å². The molecule has 0 aliphatic rings. The van der Waals surface area contributed by atoms with Crippen LogP contribution in [0.25, 0.3) is 11.1 Å². The molecule has 16 heteroatoms. The standard InChI is InChI=1S/C39H35F3N2O11/c1-5-51-34(47)38(35(48)52-6-2,25-12-8-7-9-13-25)36(49)53-23-54-37(50)55-27-20-21-31(30(22-27)33(46)44(3)4)43-32(45)29-15-11-10-14-28(29)24-16-18-26(19-17-24)39(40,41)42/h7-22H,5-6,23H2,1-4H3,(H,43,45). The Kier molecular flexibility index (Phi) is 13.3. The molecule has 0 aliphatic heterocycles. The first-order valence-corrected chi connectivity index (χ1v) is 16.5. The first-order chi connectivity index (χ1) is 26.1. The van der Waals surface area contributed by atoms with Crippen LogP contribution >= 0.6 is 0 Å². The zero-order chi connectivity index (χ0) is 40.3. The average molecular weight is 765 g/mol. The van der Waals surface area contributed by atoms with Gasteiger partial charge in [0.1, 0.15) is 5.75 Å². The predicted molar refractivity (Wildman–Crippen MR) is 189 cm³/mol. The van der Waals surface area contributed by atoms with E-state index in [4.69, 9.17) is 23.7 Å². The lowest BCUT2D eigenvalue weighted by Crippen LogP contribution is -2.53. The highest BCUT2D eigenvalue weighted by Crippen LogP contribution is 2.33. The number of hydrogen-bond acceptors (Lipinski definition) is 11. The lowest BCUT2D eigenvalue weighted by atomic mass is 9.80. The van der Waals surface area contributed by atoms with Crippen molar-refractivity contribution in [2.45, 2.75) is 25.4 Å². The van der Waals surface area contributed by atoms with Crippen LogP contribution in [0.2, 0.25) is 0 Å². The Bertz CT molecular complexity index is 2030. The van der Waals surface area contributed by atoms with Gasteiger partial charge in [-0.25, -0.2) is 19.2 Å². The van der Waals surface area contributed by atoms with E-state index in [1.165, 1.54) is 87.4 Å². The molecule has 0 bridgehead atoms. The van der Waals surface area contributed by atoms with Gasteiger partial charge >= 0.3 is 30.2 Å². The van der Waals surface area contributed by atoms with Crippen molar-refractivity contribution in [3.05, 3.63) is 119 Å². The molecule has 0 atom stereocenters. The Hall–Kier alpha value is -6.71. The molecule has 2 amide bonds. The number of alkyl halides is 3. The molecule has 4 aromatic carbocycles. The summed E-state index contributed by atoms with van der Waals surface area (Å²) in [4.78, 5) is 80.2. The monoisotopic (exact) mass is 764 g/mol. The van der Waals surface area contributed by atoms with E-state index in [9.17, 15) is 41.9 Å². The van der Waals surface area contributed by atoms with Gasteiger partial charge < -0.3 is 33.9 Å². The van der Waals surface area contributed by atoms with Crippen molar-refractivity contribution in [3.63, 3.8) is 0 Å². The van der Waals surface area contributed by atoms with Crippen molar-refractivity contribution in [2.24, 2.45) is 0 Å². The van der Waals surface area contributed by atoms with Gasteiger partial charge in [-0.15, -0.1) is 0 Å². The molecule has 0 fully saturated rings. The summed E-state index contributed by atoms with van der Waals surface area (Å²) in [5.74, 6) is -5.56. The topological polar surface area (TPSA) is 164 Å². The maximum atomic E-state index is 13.5. The van der Waals surface area contributed by atoms with E-state index in [2.05, 4.69) is 5.32 Å². The van der Waals surface area contributed by atoms with Crippen molar-refractivity contribution in [2.75, 3.05) is 39.4 Å². The molecule has 55 heavy (non-hydrogen) atoms. The smallest absolute Gasteiger partial charge is 0.464 e. The molecular weight excluding hydrogens is 729 g/mol. The molecule has 288 valence electrons. The average Bonchev–Trinajstić information content (AvgIpc) is 3.15. The number of carbonyl (C=O) groups excluding carboxylic acids is 6. The van der Waals surface area contributed by atoms with E-state index in [0.717, 1.165) is 18.2 Å². The van der Waals surface area contributed by atoms with Gasteiger partial charge in [-0.2, -0.15) is 13.2 Å². The molecule has 1 N–H and O–H groups in total. The number of carbonyl (C=O) groups is 6. The van der Waals surface area contributed by atoms with E-state index in [-0.39, 0.29) is 41.3 Å². The molecule has 4 aromatic rings. The Balaban J connectivity index is 1.52. The van der Waals surface area contributed by atoms with E-state index in [0.29, 0.717) is 11.1 Å². The van der Waals surface area contributed by atoms with E-state index < -0.39 is 59.8 Å². The molecule has 4 rings (SSSR count). The second-order valence-corrected chi connectivity index (χ2v) is 11.6. The maximum Gasteiger partial charge on any atom is 0.516 e. The third kappa shape index (κ3) is 9.45. The van der Waals surface area contributed by atoms with Crippen molar-refractivity contribution in [1.29, 1.82) is 0 Å². The summed E-state index contributed by atoms with van der Waals surface area (Å²) >= 11 is 0. The van der Waals surface area contributed by atoms with Crippen LogP contribution in [0.5, 0.6) is 5.75 Å². The van der Waals surface area contributed by atoms with Crippen LogP contribution in [-0.2, 0) is 44.9 Å². The van der Waals surface area contributed by atoms with Crippen LogP contribution in [0.4, 0.5) is 23.7 Å². The number of rotatable bonds is 13. The molecular formula is C39H35F3N2O11. The number of ether oxygens (including phenoxy) is 5. The Morgan fingerprint density at radius 3 is 1.82 bits per heavy atom. The zero-order valence-electron chi connectivity index (χ0n) is 29.9. The minimum Gasteiger partial charge on any atom is -0.464 e. The van der Waals surface area contributed by atoms with Gasteiger partial charge in [0.05, 0.1) is 30.0 Å². The fourth-order valence-electron chi connectivity index (χ4n) is 5.21. The third-order valence-corrected chi connectivity index (χ3v) is 7.81. The van der Waals surface area contributed by atoms with E-state index in [1.807, 2.05) is 0 Å². The summed E-state index contributed by atoms with van der Waals surface area (Å²) in [5, 5.41) is 2.63. The normalized spacial score (nSPS) is 11.1. The number of hydrogen-bond donors (Lipinski definition) is 1. The molecule has 0 saturated heterocycles. The van der Waals surface area contributed by atoms with Gasteiger partial charge in [-0.3, -0.25) is 9.59 Å². The zero-order valence-corrected chi connectivity index (χ0v) is 29.9. The summed E-state index contributed by atoms with van der Waals surface area (Å²) in [6, 6.07) is 21.2. The molecule has 0 saturated carbocycles. The summed E-state index contributed by atoms with van der Waals surface area (Å²) in [7, 11) is 2.87. The van der Waals surface area contributed by atoms with E-state index in [1.54, 1.807) is 24.3 Å². The highest BCUT2D eigenvalue weighted by molar-refractivity contribution is 6.24.